The standard InChI is InChI=1S/C17H17FO4/c1-10-3-5-12(9-14(10)18)13(17(20)21)7-11-4-6-15(19)16(8-11)22-2/h3-6,8-9,13,19H,7H2,1-2H3,(H,20,21). The van der Waals surface area contributed by atoms with Crippen molar-refractivity contribution in [2.75, 3.05) is 7.11 Å². The Morgan fingerprint density at radius 2 is 2.00 bits per heavy atom. The predicted octanol–water partition coefficient (Wildman–Crippen LogP) is 3.26. The Bertz CT molecular complexity index is 697. The van der Waals surface area contributed by atoms with Gasteiger partial charge < -0.3 is 14.9 Å². The molecule has 2 rings (SSSR count). The van der Waals surface area contributed by atoms with Crippen LogP contribution >= 0.6 is 0 Å². The number of carboxylic acids is 1. The number of ether oxygens (including phenoxy) is 1. The molecule has 1 unspecified atom stereocenters. The van der Waals surface area contributed by atoms with E-state index in [-0.39, 0.29) is 17.9 Å². The first kappa shape index (κ1) is 15.8. The first-order valence-electron chi connectivity index (χ1n) is 6.77. The molecule has 0 fully saturated rings. The molecule has 0 aliphatic carbocycles. The normalized spacial score (nSPS) is 12.0. The minimum absolute atomic E-state index is 0.0143. The van der Waals surface area contributed by atoms with Crippen molar-refractivity contribution in [1.82, 2.24) is 0 Å². The van der Waals surface area contributed by atoms with Gasteiger partial charge in [0.1, 0.15) is 5.82 Å². The molecular weight excluding hydrogens is 287 g/mol. The van der Waals surface area contributed by atoms with Crippen molar-refractivity contribution in [3.8, 4) is 11.5 Å². The Morgan fingerprint density at radius 1 is 1.27 bits per heavy atom. The highest BCUT2D eigenvalue weighted by atomic mass is 19.1. The van der Waals surface area contributed by atoms with E-state index in [4.69, 9.17) is 4.74 Å². The average molecular weight is 304 g/mol. The maximum Gasteiger partial charge on any atom is 0.311 e. The molecular formula is C17H17FO4. The zero-order valence-electron chi connectivity index (χ0n) is 12.3. The topological polar surface area (TPSA) is 66.8 Å². The van der Waals surface area contributed by atoms with Crippen molar-refractivity contribution < 1.29 is 24.1 Å². The molecule has 0 saturated heterocycles. The molecule has 22 heavy (non-hydrogen) atoms. The Kier molecular flexibility index (Phi) is 4.65. The van der Waals surface area contributed by atoms with E-state index < -0.39 is 17.7 Å². The lowest BCUT2D eigenvalue weighted by Gasteiger charge is -2.14. The summed E-state index contributed by atoms with van der Waals surface area (Å²) in [4.78, 5) is 11.5. The van der Waals surface area contributed by atoms with E-state index in [1.54, 1.807) is 31.2 Å². The monoisotopic (exact) mass is 304 g/mol. The maximum atomic E-state index is 13.7. The van der Waals surface area contributed by atoms with Gasteiger partial charge in [0.2, 0.25) is 0 Å². The van der Waals surface area contributed by atoms with Crippen LogP contribution in [0.1, 0.15) is 22.6 Å². The summed E-state index contributed by atoms with van der Waals surface area (Å²) in [6, 6.07) is 9.09. The van der Waals surface area contributed by atoms with Crippen LogP contribution in [0.25, 0.3) is 0 Å². The van der Waals surface area contributed by atoms with Gasteiger partial charge in [0.15, 0.2) is 11.5 Å². The number of phenols is 1. The van der Waals surface area contributed by atoms with Crippen LogP contribution in [0.4, 0.5) is 4.39 Å². The van der Waals surface area contributed by atoms with Gasteiger partial charge in [0.25, 0.3) is 0 Å². The van der Waals surface area contributed by atoms with Crippen molar-refractivity contribution in [1.29, 1.82) is 0 Å². The van der Waals surface area contributed by atoms with E-state index >= 15 is 0 Å². The number of carbonyl (C=O) groups is 1. The van der Waals surface area contributed by atoms with E-state index in [0.29, 0.717) is 16.7 Å². The van der Waals surface area contributed by atoms with Crippen molar-refractivity contribution >= 4 is 5.97 Å². The van der Waals surface area contributed by atoms with Gasteiger partial charge in [-0.05, 0) is 48.2 Å². The molecule has 116 valence electrons. The molecule has 0 radical (unpaired) electrons. The fourth-order valence-electron chi connectivity index (χ4n) is 2.26. The number of phenolic OH excluding ortho intramolecular Hbond substituents is 1. The highest BCUT2D eigenvalue weighted by molar-refractivity contribution is 5.76. The molecule has 0 heterocycles. The lowest BCUT2D eigenvalue weighted by atomic mass is 9.91. The number of hydrogen-bond donors (Lipinski definition) is 2. The number of carboxylic acid groups (broad SMARTS) is 1. The van der Waals surface area contributed by atoms with E-state index in [9.17, 15) is 19.4 Å². The number of methoxy groups -OCH3 is 1. The van der Waals surface area contributed by atoms with Gasteiger partial charge in [0, 0.05) is 0 Å². The van der Waals surface area contributed by atoms with Crippen LogP contribution in [0, 0.1) is 12.7 Å². The Hall–Kier alpha value is -2.56. The Labute approximate surface area is 127 Å². The van der Waals surface area contributed by atoms with Gasteiger partial charge in [-0.25, -0.2) is 4.39 Å². The molecule has 2 aromatic carbocycles. The molecule has 0 aliphatic heterocycles. The Morgan fingerprint density at radius 3 is 2.59 bits per heavy atom. The molecule has 0 aromatic heterocycles. The second-order valence-electron chi connectivity index (χ2n) is 5.11. The summed E-state index contributed by atoms with van der Waals surface area (Å²) in [5.41, 5.74) is 1.56. The van der Waals surface area contributed by atoms with Crippen LogP contribution < -0.4 is 4.74 Å². The van der Waals surface area contributed by atoms with Gasteiger partial charge in [-0.3, -0.25) is 4.79 Å². The number of hydrogen-bond acceptors (Lipinski definition) is 3. The molecule has 2 N–H and O–H groups in total. The zero-order valence-corrected chi connectivity index (χ0v) is 12.3. The molecule has 0 aliphatic rings. The third-order valence-corrected chi connectivity index (χ3v) is 3.58. The molecule has 0 saturated carbocycles. The van der Waals surface area contributed by atoms with Crippen molar-refractivity contribution in [3.05, 3.63) is 58.9 Å². The van der Waals surface area contributed by atoms with Gasteiger partial charge in [-0.15, -0.1) is 0 Å². The van der Waals surface area contributed by atoms with Crippen LogP contribution in [-0.2, 0) is 11.2 Å². The summed E-state index contributed by atoms with van der Waals surface area (Å²) in [5, 5.41) is 19.0. The second-order valence-corrected chi connectivity index (χ2v) is 5.11. The van der Waals surface area contributed by atoms with Crippen LogP contribution in [0.5, 0.6) is 11.5 Å². The van der Waals surface area contributed by atoms with E-state index in [2.05, 4.69) is 0 Å². The van der Waals surface area contributed by atoms with E-state index in [0.717, 1.165) is 0 Å². The molecule has 0 amide bonds. The summed E-state index contributed by atoms with van der Waals surface area (Å²) in [6.07, 6.45) is 0.175. The van der Waals surface area contributed by atoms with E-state index in [1.807, 2.05) is 0 Å². The molecule has 5 heteroatoms. The van der Waals surface area contributed by atoms with Gasteiger partial charge in [-0.1, -0.05) is 18.2 Å². The predicted molar refractivity (Wildman–Crippen MR) is 79.9 cm³/mol. The fourth-order valence-corrected chi connectivity index (χ4v) is 2.26. The first-order chi connectivity index (χ1) is 10.4. The number of halogens is 1. The van der Waals surface area contributed by atoms with Gasteiger partial charge in [0.05, 0.1) is 13.0 Å². The summed E-state index contributed by atoms with van der Waals surface area (Å²) < 4.78 is 18.7. The van der Waals surface area contributed by atoms with Crippen molar-refractivity contribution in [2.45, 2.75) is 19.3 Å². The first-order valence-corrected chi connectivity index (χ1v) is 6.77. The quantitative estimate of drug-likeness (QED) is 0.889. The third-order valence-electron chi connectivity index (χ3n) is 3.58. The third kappa shape index (κ3) is 3.36. The van der Waals surface area contributed by atoms with Gasteiger partial charge in [-0.2, -0.15) is 0 Å². The number of benzene rings is 2. The van der Waals surface area contributed by atoms with Crippen LogP contribution in [-0.4, -0.2) is 23.3 Å². The lowest BCUT2D eigenvalue weighted by molar-refractivity contribution is -0.138. The number of rotatable bonds is 5. The zero-order chi connectivity index (χ0) is 16.3. The summed E-state index contributed by atoms with van der Waals surface area (Å²) in [7, 11) is 1.42. The highest BCUT2D eigenvalue weighted by Gasteiger charge is 2.22. The summed E-state index contributed by atoms with van der Waals surface area (Å²) in [5.74, 6) is -2.07. The molecule has 0 bridgehead atoms. The highest BCUT2D eigenvalue weighted by Crippen LogP contribution is 2.30. The van der Waals surface area contributed by atoms with Crippen LogP contribution in [0.2, 0.25) is 0 Å². The second kappa shape index (κ2) is 6.47. The summed E-state index contributed by atoms with van der Waals surface area (Å²) in [6.45, 7) is 1.62. The molecule has 2 aromatic rings. The smallest absolute Gasteiger partial charge is 0.311 e. The van der Waals surface area contributed by atoms with Crippen molar-refractivity contribution in [3.63, 3.8) is 0 Å². The lowest BCUT2D eigenvalue weighted by Crippen LogP contribution is -2.15. The number of aryl methyl sites for hydroxylation is 1. The molecule has 4 nitrogen and oxygen atoms in total. The Balaban J connectivity index is 2.33. The van der Waals surface area contributed by atoms with Crippen LogP contribution in [0.3, 0.4) is 0 Å². The minimum Gasteiger partial charge on any atom is -0.504 e. The SMILES string of the molecule is COc1cc(CC(C(=O)O)c2ccc(C)c(F)c2)ccc1O. The number of aliphatic carboxylic acids is 1. The number of aromatic hydroxyl groups is 1. The summed E-state index contributed by atoms with van der Waals surface area (Å²) >= 11 is 0. The largest absolute Gasteiger partial charge is 0.504 e. The van der Waals surface area contributed by atoms with E-state index in [1.165, 1.54) is 19.2 Å². The van der Waals surface area contributed by atoms with Crippen LogP contribution in [0.15, 0.2) is 36.4 Å². The fraction of sp³-hybridized carbons (Fsp3) is 0.235. The van der Waals surface area contributed by atoms with Gasteiger partial charge >= 0.3 is 5.97 Å². The van der Waals surface area contributed by atoms with Crippen molar-refractivity contribution in [2.24, 2.45) is 0 Å². The minimum atomic E-state index is -1.03. The molecule has 0 spiro atoms. The average Bonchev–Trinajstić information content (AvgIpc) is 2.49. The molecule has 1 atom stereocenters. The maximum absolute atomic E-state index is 13.7.